The molecule has 3 aliphatic rings. The molecule has 6 heteroatoms. The van der Waals surface area contributed by atoms with Crippen LogP contribution in [0.5, 0.6) is 0 Å². The zero-order valence-corrected chi connectivity index (χ0v) is 14.7. The number of pyridine rings is 2. The van der Waals surface area contributed by atoms with E-state index >= 15 is 0 Å². The summed E-state index contributed by atoms with van der Waals surface area (Å²) in [7, 11) is 0. The van der Waals surface area contributed by atoms with E-state index in [1.807, 2.05) is 0 Å². The predicted molar refractivity (Wildman–Crippen MR) is 98.7 cm³/mol. The Balaban J connectivity index is 1.44. The summed E-state index contributed by atoms with van der Waals surface area (Å²) < 4.78 is 0. The second-order valence-electron chi connectivity index (χ2n) is 7.11. The summed E-state index contributed by atoms with van der Waals surface area (Å²) in [4.78, 5) is 18.9. The molecule has 0 unspecified atom stereocenters. The van der Waals surface area contributed by atoms with Crippen molar-refractivity contribution in [3.05, 3.63) is 84.0 Å². The van der Waals surface area contributed by atoms with Gasteiger partial charge in [-0.25, -0.2) is 0 Å². The first-order valence-electron chi connectivity index (χ1n) is 9.03. The summed E-state index contributed by atoms with van der Waals surface area (Å²) in [6, 6.07) is 12.7. The molecule has 0 saturated heterocycles. The monoisotopic (exact) mass is 346 g/mol. The summed E-state index contributed by atoms with van der Waals surface area (Å²) in [5.74, 6) is 0. The summed E-state index contributed by atoms with van der Waals surface area (Å²) in [5.41, 5.74) is 4.45. The van der Waals surface area contributed by atoms with Gasteiger partial charge in [0.05, 0.1) is 62.3 Å². The van der Waals surface area contributed by atoms with E-state index in [0.717, 1.165) is 62.3 Å². The molecule has 2 aromatic rings. The van der Waals surface area contributed by atoms with Gasteiger partial charge in [-0.15, -0.1) is 0 Å². The highest BCUT2D eigenvalue weighted by molar-refractivity contribution is 5.15. The highest BCUT2D eigenvalue weighted by Crippen LogP contribution is 2.17. The average Bonchev–Trinajstić information content (AvgIpc) is 3.24. The van der Waals surface area contributed by atoms with Crippen LogP contribution < -0.4 is 0 Å². The fraction of sp³-hybridized carbons (Fsp3) is 0.300. The van der Waals surface area contributed by atoms with Crippen molar-refractivity contribution in [2.24, 2.45) is 0 Å². The molecule has 2 aromatic heterocycles. The molecule has 0 N–H and O–H groups in total. The molecule has 132 valence electrons. The van der Waals surface area contributed by atoms with Crippen LogP contribution in [0.2, 0.25) is 0 Å². The first kappa shape index (κ1) is 15.3. The normalized spacial score (nSPS) is 18.8. The Morgan fingerprint density at radius 1 is 0.500 bits per heavy atom. The molecular formula is C20H22N6. The van der Waals surface area contributed by atoms with Gasteiger partial charge in [0.15, 0.2) is 0 Å². The summed E-state index contributed by atoms with van der Waals surface area (Å²) in [5, 5.41) is 0. The SMILES string of the molecule is C1=CN2Cc3cccc(n3)CN3C=CN(Cc4cccc(n4)CN1C2)C3. The van der Waals surface area contributed by atoms with Gasteiger partial charge >= 0.3 is 0 Å². The van der Waals surface area contributed by atoms with Gasteiger partial charge in [-0.3, -0.25) is 9.97 Å². The van der Waals surface area contributed by atoms with Crippen molar-refractivity contribution in [3.63, 3.8) is 0 Å². The molecule has 5 rings (SSSR count). The topological polar surface area (TPSA) is 38.7 Å². The summed E-state index contributed by atoms with van der Waals surface area (Å²) in [6.07, 6.45) is 8.60. The number of hydrogen-bond acceptors (Lipinski definition) is 6. The van der Waals surface area contributed by atoms with Crippen molar-refractivity contribution < 1.29 is 0 Å². The van der Waals surface area contributed by atoms with E-state index < -0.39 is 0 Å². The zero-order chi connectivity index (χ0) is 17.3. The quantitative estimate of drug-likeness (QED) is 0.729. The standard InChI is InChI=1S/C20H22N6/c1-3-17-11-23-7-9-25(15-23)13-19-5-2-6-20(22-19)14-26-10-8-24(16-26)12-18(4-1)21-17/h1-10H,11-16H2. The van der Waals surface area contributed by atoms with Crippen LogP contribution >= 0.6 is 0 Å². The molecule has 0 amide bonds. The molecule has 0 atom stereocenters. The van der Waals surface area contributed by atoms with Gasteiger partial charge in [0.2, 0.25) is 0 Å². The van der Waals surface area contributed by atoms with Gasteiger partial charge in [0.1, 0.15) is 0 Å². The van der Waals surface area contributed by atoms with Crippen LogP contribution in [0, 0.1) is 0 Å². The van der Waals surface area contributed by atoms with Gasteiger partial charge in [-0.05, 0) is 24.3 Å². The molecule has 0 spiro atoms. The molecular weight excluding hydrogens is 324 g/mol. The molecule has 0 aliphatic carbocycles. The van der Waals surface area contributed by atoms with Crippen molar-refractivity contribution in [2.75, 3.05) is 13.3 Å². The van der Waals surface area contributed by atoms with Crippen molar-refractivity contribution >= 4 is 0 Å². The molecule has 0 saturated carbocycles. The van der Waals surface area contributed by atoms with Crippen molar-refractivity contribution in [2.45, 2.75) is 26.2 Å². The fourth-order valence-corrected chi connectivity index (χ4v) is 3.69. The Hall–Kier alpha value is -3.02. The lowest BCUT2D eigenvalue weighted by molar-refractivity contribution is 0.243. The minimum atomic E-state index is 0.830. The maximum absolute atomic E-state index is 4.86. The Bertz CT molecular complexity index is 731. The minimum absolute atomic E-state index is 0.830. The Morgan fingerprint density at radius 2 is 0.808 bits per heavy atom. The zero-order valence-electron chi connectivity index (χ0n) is 14.7. The van der Waals surface area contributed by atoms with E-state index in [0.29, 0.717) is 0 Å². The first-order valence-corrected chi connectivity index (χ1v) is 9.03. The number of hydrogen-bond donors (Lipinski definition) is 0. The van der Waals surface area contributed by atoms with Crippen LogP contribution in [0.25, 0.3) is 0 Å². The largest absolute Gasteiger partial charge is 0.353 e. The number of rotatable bonds is 0. The molecule has 3 aliphatic heterocycles. The van der Waals surface area contributed by atoms with Gasteiger partial charge in [0, 0.05) is 24.8 Å². The van der Waals surface area contributed by atoms with Gasteiger partial charge in [0.25, 0.3) is 0 Å². The van der Waals surface area contributed by atoms with Crippen LogP contribution in [0.1, 0.15) is 22.8 Å². The molecule has 6 nitrogen and oxygen atoms in total. The molecule has 5 heterocycles. The third-order valence-electron chi connectivity index (χ3n) is 4.89. The molecule has 0 aromatic carbocycles. The summed E-state index contributed by atoms with van der Waals surface area (Å²) in [6.45, 7) is 5.06. The van der Waals surface area contributed by atoms with Crippen LogP contribution in [0.15, 0.2) is 61.2 Å². The van der Waals surface area contributed by atoms with Crippen LogP contribution in [-0.4, -0.2) is 42.9 Å². The lowest BCUT2D eigenvalue weighted by atomic mass is 10.2. The van der Waals surface area contributed by atoms with E-state index in [4.69, 9.17) is 9.97 Å². The van der Waals surface area contributed by atoms with E-state index in [1.54, 1.807) is 0 Å². The maximum atomic E-state index is 4.86. The molecule has 8 bridgehead atoms. The van der Waals surface area contributed by atoms with E-state index in [1.165, 1.54) is 0 Å². The smallest absolute Gasteiger partial charge is 0.0902 e. The summed E-state index contributed by atoms with van der Waals surface area (Å²) >= 11 is 0. The highest BCUT2D eigenvalue weighted by atomic mass is 15.4. The van der Waals surface area contributed by atoms with Crippen molar-refractivity contribution in [1.82, 2.24) is 29.6 Å². The van der Waals surface area contributed by atoms with Crippen molar-refractivity contribution in [1.29, 1.82) is 0 Å². The molecule has 26 heavy (non-hydrogen) atoms. The second-order valence-corrected chi connectivity index (χ2v) is 7.11. The van der Waals surface area contributed by atoms with Gasteiger partial charge < -0.3 is 19.6 Å². The Kier molecular flexibility index (Phi) is 3.74. The maximum Gasteiger partial charge on any atom is 0.0902 e. The Labute approximate surface area is 153 Å². The van der Waals surface area contributed by atoms with E-state index in [-0.39, 0.29) is 0 Å². The predicted octanol–water partition coefficient (Wildman–Crippen LogP) is 2.28. The highest BCUT2D eigenvalue weighted by Gasteiger charge is 2.17. The third-order valence-corrected chi connectivity index (χ3v) is 4.89. The Morgan fingerprint density at radius 3 is 1.12 bits per heavy atom. The van der Waals surface area contributed by atoms with Gasteiger partial charge in [-0.2, -0.15) is 0 Å². The van der Waals surface area contributed by atoms with Crippen molar-refractivity contribution in [3.8, 4) is 0 Å². The fourth-order valence-electron chi connectivity index (χ4n) is 3.69. The first-order chi connectivity index (χ1) is 12.8. The van der Waals surface area contributed by atoms with E-state index in [2.05, 4.69) is 80.8 Å². The molecule has 0 fully saturated rings. The second kappa shape index (κ2) is 6.37. The molecule has 0 radical (unpaired) electrons. The van der Waals surface area contributed by atoms with E-state index in [9.17, 15) is 0 Å². The number of aromatic nitrogens is 2. The lowest BCUT2D eigenvalue weighted by Gasteiger charge is -2.23. The third kappa shape index (κ3) is 3.22. The van der Waals surface area contributed by atoms with Crippen LogP contribution in [-0.2, 0) is 26.2 Å². The van der Waals surface area contributed by atoms with Gasteiger partial charge in [-0.1, -0.05) is 12.1 Å². The number of nitrogens with zero attached hydrogens (tertiary/aromatic N) is 6. The minimum Gasteiger partial charge on any atom is -0.353 e. The average molecular weight is 346 g/mol. The number of fused-ring (bicyclic) bond motifs is 8. The lowest BCUT2D eigenvalue weighted by Crippen LogP contribution is -2.27. The van der Waals surface area contributed by atoms with Crippen LogP contribution in [0.4, 0.5) is 0 Å². The van der Waals surface area contributed by atoms with Crippen LogP contribution in [0.3, 0.4) is 0 Å².